The number of hydrogen-bond donors (Lipinski definition) is 1. The lowest BCUT2D eigenvalue weighted by Crippen LogP contribution is -2.39. The molecule has 3 heteroatoms. The lowest BCUT2D eigenvalue weighted by atomic mass is 10.0. The third-order valence-corrected chi connectivity index (χ3v) is 3.80. The van der Waals surface area contributed by atoms with E-state index in [0.29, 0.717) is 18.6 Å². The number of rotatable bonds is 3. The molecular weight excluding hydrogens is 210 g/mol. The maximum absolute atomic E-state index is 5.98. The predicted octanol–water partition coefficient (Wildman–Crippen LogP) is 2.35. The molecule has 2 unspecified atom stereocenters. The van der Waals surface area contributed by atoms with Gasteiger partial charge in [0.1, 0.15) is 0 Å². The van der Waals surface area contributed by atoms with E-state index < -0.39 is 0 Å². The molecular formula is C14H23N3. The molecule has 2 N–H and O–H groups in total. The minimum Gasteiger partial charge on any atom is -0.329 e. The van der Waals surface area contributed by atoms with Crippen LogP contribution in [0.5, 0.6) is 0 Å². The van der Waals surface area contributed by atoms with Gasteiger partial charge in [-0.2, -0.15) is 0 Å². The van der Waals surface area contributed by atoms with Crippen LogP contribution in [0.25, 0.3) is 0 Å². The van der Waals surface area contributed by atoms with Crippen LogP contribution in [0.15, 0.2) is 24.5 Å². The summed E-state index contributed by atoms with van der Waals surface area (Å²) in [7, 11) is 0. The van der Waals surface area contributed by atoms with Crippen molar-refractivity contribution >= 4 is 0 Å². The molecule has 1 aliphatic rings. The number of likely N-dealkylation sites (tertiary alicyclic amines) is 1. The fourth-order valence-electron chi connectivity index (χ4n) is 2.80. The molecule has 0 spiro atoms. The summed E-state index contributed by atoms with van der Waals surface area (Å²) in [5.74, 6) is 0. The lowest BCUT2D eigenvalue weighted by Gasteiger charge is -2.34. The highest BCUT2D eigenvalue weighted by Gasteiger charge is 2.25. The minimum absolute atomic E-state index is 0.330. The molecule has 0 saturated carbocycles. The van der Waals surface area contributed by atoms with Crippen LogP contribution in [-0.4, -0.2) is 29.0 Å². The standard InChI is InChI=1S/C14H23N3/c1-12-6-3-2-4-9-17(12)14(10-15)13-7-5-8-16-11-13/h5,7-8,11-12,14H,2-4,6,9-10,15H2,1H3. The Balaban J connectivity index is 2.16. The normalized spacial score (nSPS) is 24.2. The molecule has 1 saturated heterocycles. The van der Waals surface area contributed by atoms with Crippen molar-refractivity contribution in [2.24, 2.45) is 5.73 Å². The third-order valence-electron chi connectivity index (χ3n) is 3.80. The molecule has 1 fully saturated rings. The first-order valence-corrected chi connectivity index (χ1v) is 6.68. The Kier molecular flexibility index (Phi) is 4.51. The van der Waals surface area contributed by atoms with Gasteiger partial charge in [0, 0.05) is 31.0 Å². The van der Waals surface area contributed by atoms with Gasteiger partial charge in [0.25, 0.3) is 0 Å². The van der Waals surface area contributed by atoms with E-state index >= 15 is 0 Å². The summed E-state index contributed by atoms with van der Waals surface area (Å²) in [6, 6.07) is 5.10. The smallest absolute Gasteiger partial charge is 0.0488 e. The Morgan fingerprint density at radius 2 is 2.35 bits per heavy atom. The molecule has 0 radical (unpaired) electrons. The van der Waals surface area contributed by atoms with Crippen molar-refractivity contribution in [2.75, 3.05) is 13.1 Å². The molecule has 1 aliphatic heterocycles. The first-order chi connectivity index (χ1) is 8.33. The molecule has 94 valence electrons. The van der Waals surface area contributed by atoms with Gasteiger partial charge in [-0.05, 0) is 37.9 Å². The van der Waals surface area contributed by atoms with Gasteiger partial charge in [-0.15, -0.1) is 0 Å². The fourth-order valence-corrected chi connectivity index (χ4v) is 2.80. The van der Waals surface area contributed by atoms with Crippen molar-refractivity contribution in [2.45, 2.75) is 44.7 Å². The third kappa shape index (κ3) is 3.05. The summed E-state index contributed by atoms with van der Waals surface area (Å²) in [6.45, 7) is 4.16. The number of nitrogens with two attached hydrogens (primary N) is 1. The van der Waals surface area contributed by atoms with Gasteiger partial charge in [-0.3, -0.25) is 9.88 Å². The van der Waals surface area contributed by atoms with Crippen LogP contribution < -0.4 is 5.73 Å². The van der Waals surface area contributed by atoms with Crippen LogP contribution in [0.3, 0.4) is 0 Å². The molecule has 2 atom stereocenters. The van der Waals surface area contributed by atoms with Gasteiger partial charge in [-0.25, -0.2) is 0 Å². The van der Waals surface area contributed by atoms with Crippen LogP contribution in [0, 0.1) is 0 Å². The van der Waals surface area contributed by atoms with Gasteiger partial charge in [0.2, 0.25) is 0 Å². The van der Waals surface area contributed by atoms with Crippen LogP contribution in [-0.2, 0) is 0 Å². The lowest BCUT2D eigenvalue weighted by molar-refractivity contribution is 0.150. The summed E-state index contributed by atoms with van der Waals surface area (Å²) in [5, 5.41) is 0. The Hall–Kier alpha value is -0.930. The zero-order chi connectivity index (χ0) is 12.1. The summed E-state index contributed by atoms with van der Waals surface area (Å²) in [5.41, 5.74) is 7.23. The first kappa shape index (κ1) is 12.5. The van der Waals surface area contributed by atoms with E-state index in [9.17, 15) is 0 Å². The molecule has 1 aromatic heterocycles. The van der Waals surface area contributed by atoms with E-state index in [1.165, 1.54) is 31.2 Å². The Labute approximate surface area is 104 Å². The second-order valence-corrected chi connectivity index (χ2v) is 4.97. The Bertz CT molecular complexity index is 325. The quantitative estimate of drug-likeness (QED) is 0.871. The van der Waals surface area contributed by atoms with Gasteiger partial charge < -0.3 is 5.73 Å². The summed E-state index contributed by atoms with van der Waals surface area (Å²) in [4.78, 5) is 6.77. The fraction of sp³-hybridized carbons (Fsp3) is 0.643. The predicted molar refractivity (Wildman–Crippen MR) is 70.7 cm³/mol. The first-order valence-electron chi connectivity index (χ1n) is 6.68. The minimum atomic E-state index is 0.330. The second-order valence-electron chi connectivity index (χ2n) is 4.97. The topological polar surface area (TPSA) is 42.1 Å². The summed E-state index contributed by atoms with van der Waals surface area (Å²) < 4.78 is 0. The van der Waals surface area contributed by atoms with Crippen molar-refractivity contribution in [3.63, 3.8) is 0 Å². The molecule has 2 rings (SSSR count). The summed E-state index contributed by atoms with van der Waals surface area (Å²) in [6.07, 6.45) is 9.06. The van der Waals surface area contributed by atoms with Crippen molar-refractivity contribution in [3.8, 4) is 0 Å². The Morgan fingerprint density at radius 3 is 3.06 bits per heavy atom. The number of hydrogen-bond acceptors (Lipinski definition) is 3. The molecule has 2 heterocycles. The highest BCUT2D eigenvalue weighted by atomic mass is 15.2. The van der Waals surface area contributed by atoms with Gasteiger partial charge in [-0.1, -0.05) is 18.9 Å². The highest BCUT2D eigenvalue weighted by Crippen LogP contribution is 2.26. The van der Waals surface area contributed by atoms with Crippen LogP contribution in [0.1, 0.15) is 44.2 Å². The maximum atomic E-state index is 5.98. The molecule has 17 heavy (non-hydrogen) atoms. The second kappa shape index (κ2) is 6.12. The van der Waals surface area contributed by atoms with Crippen LogP contribution >= 0.6 is 0 Å². The van der Waals surface area contributed by atoms with E-state index in [1.807, 2.05) is 18.5 Å². The molecule has 3 nitrogen and oxygen atoms in total. The largest absolute Gasteiger partial charge is 0.329 e. The van der Waals surface area contributed by atoms with Crippen molar-refractivity contribution in [3.05, 3.63) is 30.1 Å². The molecule has 0 aromatic carbocycles. The van der Waals surface area contributed by atoms with Gasteiger partial charge in [0.05, 0.1) is 0 Å². The van der Waals surface area contributed by atoms with Crippen molar-refractivity contribution in [1.29, 1.82) is 0 Å². The molecule has 0 bridgehead atoms. The van der Waals surface area contributed by atoms with Crippen LogP contribution in [0.4, 0.5) is 0 Å². The van der Waals surface area contributed by atoms with E-state index in [0.717, 1.165) is 6.54 Å². The number of aromatic nitrogens is 1. The maximum Gasteiger partial charge on any atom is 0.0488 e. The molecule has 1 aromatic rings. The van der Waals surface area contributed by atoms with E-state index in [2.05, 4.69) is 22.9 Å². The van der Waals surface area contributed by atoms with E-state index in [1.54, 1.807) is 0 Å². The average Bonchev–Trinajstić information content (AvgIpc) is 2.58. The Morgan fingerprint density at radius 1 is 1.47 bits per heavy atom. The molecule has 0 amide bonds. The highest BCUT2D eigenvalue weighted by molar-refractivity contribution is 5.15. The van der Waals surface area contributed by atoms with E-state index in [4.69, 9.17) is 5.73 Å². The zero-order valence-electron chi connectivity index (χ0n) is 10.7. The zero-order valence-corrected chi connectivity index (χ0v) is 10.7. The van der Waals surface area contributed by atoms with Crippen molar-refractivity contribution in [1.82, 2.24) is 9.88 Å². The van der Waals surface area contributed by atoms with Crippen molar-refractivity contribution < 1.29 is 0 Å². The summed E-state index contributed by atoms with van der Waals surface area (Å²) >= 11 is 0. The number of nitrogens with zero attached hydrogens (tertiary/aromatic N) is 2. The van der Waals surface area contributed by atoms with Crippen LogP contribution in [0.2, 0.25) is 0 Å². The molecule has 0 aliphatic carbocycles. The van der Waals surface area contributed by atoms with Gasteiger partial charge in [0.15, 0.2) is 0 Å². The van der Waals surface area contributed by atoms with Gasteiger partial charge >= 0.3 is 0 Å². The number of pyridine rings is 1. The van der Waals surface area contributed by atoms with E-state index in [-0.39, 0.29) is 0 Å². The average molecular weight is 233 g/mol. The SMILES string of the molecule is CC1CCCCCN1C(CN)c1cccnc1. The monoisotopic (exact) mass is 233 g/mol.